The molecule has 1 aliphatic rings. The molecule has 2 amide bonds. The third-order valence-corrected chi connectivity index (χ3v) is 6.15. The number of halogens is 1. The predicted octanol–water partition coefficient (Wildman–Crippen LogP) is 4.12. The number of cyclic esters (lactones) is 1. The Morgan fingerprint density at radius 2 is 2.05 bits per heavy atom. The first-order valence-electron chi connectivity index (χ1n) is 13.0. The summed E-state index contributed by atoms with van der Waals surface area (Å²) in [5, 5.41) is 10.2. The molecule has 1 heterocycles. The molecule has 0 saturated carbocycles. The van der Waals surface area contributed by atoms with Gasteiger partial charge in [-0.3, -0.25) is 9.69 Å². The third-order valence-electron chi connectivity index (χ3n) is 6.15. The van der Waals surface area contributed by atoms with Crippen molar-refractivity contribution in [2.24, 2.45) is 11.1 Å². The summed E-state index contributed by atoms with van der Waals surface area (Å²) in [4.78, 5) is 29.8. The first kappa shape index (κ1) is 29.8. The monoisotopic (exact) mass is 540 g/mol. The third kappa shape index (κ3) is 8.62. The van der Waals surface area contributed by atoms with E-state index >= 15 is 4.39 Å². The van der Waals surface area contributed by atoms with Gasteiger partial charge in [-0.25, -0.2) is 9.18 Å². The van der Waals surface area contributed by atoms with Crippen LogP contribution < -0.4 is 15.5 Å². The highest BCUT2D eigenvalue weighted by atomic mass is 19.1. The highest BCUT2D eigenvalue weighted by Gasteiger charge is 2.32. The van der Waals surface area contributed by atoms with Gasteiger partial charge in [-0.05, 0) is 37.6 Å². The van der Waals surface area contributed by atoms with Crippen LogP contribution in [0.15, 0.2) is 59.8 Å². The zero-order chi connectivity index (χ0) is 28.2. The van der Waals surface area contributed by atoms with Gasteiger partial charge in [-0.15, -0.1) is 0 Å². The highest BCUT2D eigenvalue weighted by molar-refractivity contribution is 6.02. The van der Waals surface area contributed by atoms with Gasteiger partial charge < -0.3 is 24.9 Å². The molecule has 39 heavy (non-hydrogen) atoms. The Kier molecular flexibility index (Phi) is 11.4. The Morgan fingerprint density at radius 3 is 2.69 bits per heavy atom. The molecule has 210 valence electrons. The molecular formula is C29H37FN4O5. The number of amides is 2. The molecule has 0 aliphatic carbocycles. The number of hydrogen-bond donors (Lipinski definition) is 2. The van der Waals surface area contributed by atoms with Gasteiger partial charge in [-0.1, -0.05) is 41.6 Å². The van der Waals surface area contributed by atoms with E-state index in [4.69, 9.17) is 14.3 Å². The van der Waals surface area contributed by atoms with Crippen molar-refractivity contribution < 1.29 is 28.3 Å². The van der Waals surface area contributed by atoms with E-state index in [0.717, 1.165) is 17.8 Å². The molecule has 1 aliphatic heterocycles. The fourth-order valence-electron chi connectivity index (χ4n) is 4.24. The van der Waals surface area contributed by atoms with E-state index in [0.29, 0.717) is 36.6 Å². The summed E-state index contributed by atoms with van der Waals surface area (Å²) in [6.45, 7) is 8.31. The molecule has 1 unspecified atom stereocenters. The fourth-order valence-corrected chi connectivity index (χ4v) is 4.24. The van der Waals surface area contributed by atoms with Gasteiger partial charge in [0.1, 0.15) is 24.7 Å². The lowest BCUT2D eigenvalue weighted by Gasteiger charge is -2.15. The summed E-state index contributed by atoms with van der Waals surface area (Å²) in [5.74, 6) is -0.425. The lowest BCUT2D eigenvalue weighted by Crippen LogP contribution is -2.33. The number of oxime groups is 1. The van der Waals surface area contributed by atoms with Crippen molar-refractivity contribution in [2.75, 3.05) is 51.4 Å². The van der Waals surface area contributed by atoms with Crippen molar-refractivity contribution in [3.63, 3.8) is 0 Å². The van der Waals surface area contributed by atoms with Crippen LogP contribution in [0.25, 0.3) is 11.1 Å². The number of ether oxygens (including phenoxy) is 2. The maximum atomic E-state index is 15.1. The summed E-state index contributed by atoms with van der Waals surface area (Å²) in [7, 11) is 1.50. The minimum atomic E-state index is -0.574. The maximum Gasteiger partial charge on any atom is 0.414 e. The van der Waals surface area contributed by atoms with E-state index in [1.165, 1.54) is 25.0 Å². The summed E-state index contributed by atoms with van der Waals surface area (Å²) in [6, 6.07) is 12.0. The molecule has 9 nitrogen and oxygen atoms in total. The van der Waals surface area contributed by atoms with Crippen molar-refractivity contribution in [3.05, 3.63) is 66.0 Å². The van der Waals surface area contributed by atoms with Crippen LogP contribution >= 0.6 is 0 Å². The van der Waals surface area contributed by atoms with Gasteiger partial charge in [0.2, 0.25) is 5.91 Å². The molecule has 2 aromatic rings. The van der Waals surface area contributed by atoms with E-state index in [9.17, 15) is 9.59 Å². The van der Waals surface area contributed by atoms with Crippen molar-refractivity contribution in [2.45, 2.75) is 26.9 Å². The first-order chi connectivity index (χ1) is 18.9. The van der Waals surface area contributed by atoms with Crippen LogP contribution in [0, 0.1) is 11.7 Å². The summed E-state index contributed by atoms with van der Waals surface area (Å²) >= 11 is 0. The summed E-state index contributed by atoms with van der Waals surface area (Å²) in [5.41, 5.74) is 3.05. The van der Waals surface area contributed by atoms with E-state index < -0.39 is 18.0 Å². The van der Waals surface area contributed by atoms with E-state index in [1.54, 1.807) is 12.1 Å². The molecule has 3 rings (SSSR count). The molecule has 0 bridgehead atoms. The van der Waals surface area contributed by atoms with Crippen LogP contribution in [0.4, 0.5) is 14.9 Å². The van der Waals surface area contributed by atoms with E-state index in [-0.39, 0.29) is 24.9 Å². The lowest BCUT2D eigenvalue weighted by atomic mass is 10.0. The van der Waals surface area contributed by atoms with Crippen molar-refractivity contribution in [1.29, 1.82) is 0 Å². The molecule has 0 radical (unpaired) electrons. The van der Waals surface area contributed by atoms with Crippen LogP contribution in [-0.2, 0) is 19.1 Å². The second-order valence-electron chi connectivity index (χ2n) is 9.09. The van der Waals surface area contributed by atoms with Crippen LogP contribution in [0.3, 0.4) is 0 Å². The smallest absolute Gasteiger partial charge is 0.414 e. The summed E-state index contributed by atoms with van der Waals surface area (Å²) < 4.78 is 26.0. The Hall–Kier alpha value is -3.76. The Labute approximate surface area is 229 Å². The molecule has 2 N–H and O–H groups in total. The van der Waals surface area contributed by atoms with Crippen LogP contribution in [0.2, 0.25) is 0 Å². The highest BCUT2D eigenvalue weighted by Crippen LogP contribution is 2.29. The van der Waals surface area contributed by atoms with Crippen molar-refractivity contribution in [1.82, 2.24) is 10.6 Å². The number of rotatable bonds is 14. The molecule has 0 aromatic heterocycles. The van der Waals surface area contributed by atoms with Gasteiger partial charge in [-0.2, -0.15) is 0 Å². The second-order valence-corrected chi connectivity index (χ2v) is 9.09. The van der Waals surface area contributed by atoms with Gasteiger partial charge >= 0.3 is 6.09 Å². The maximum absolute atomic E-state index is 15.1. The summed E-state index contributed by atoms with van der Waals surface area (Å²) in [6.07, 6.45) is 3.06. The van der Waals surface area contributed by atoms with Crippen LogP contribution in [-0.4, -0.2) is 70.3 Å². The molecule has 2 atom stereocenters. The van der Waals surface area contributed by atoms with Gasteiger partial charge in [0.05, 0.1) is 25.4 Å². The normalized spacial score (nSPS) is 16.4. The number of carbonyl (C=O) groups is 2. The Morgan fingerprint density at radius 1 is 1.28 bits per heavy atom. The van der Waals surface area contributed by atoms with Crippen LogP contribution in [0.1, 0.15) is 26.3 Å². The fraction of sp³-hybridized carbons (Fsp3) is 0.414. The molecule has 2 aromatic carbocycles. The SMILES string of the molecule is C/C=C/C(CNC/C(=N\OC)c1ccc(-c2ccc(N3C[C@H](CNC(C)=O)OC3=O)cc2F)cc1)COCC. The quantitative estimate of drug-likeness (QED) is 0.212. The number of carbonyl (C=O) groups excluding carboxylic acids is 2. The second kappa shape index (κ2) is 15.0. The van der Waals surface area contributed by atoms with E-state index in [2.05, 4.69) is 21.9 Å². The molecule has 1 saturated heterocycles. The van der Waals surface area contributed by atoms with E-state index in [1.807, 2.05) is 44.2 Å². The number of benzene rings is 2. The van der Waals surface area contributed by atoms with Gasteiger partial charge in [0.25, 0.3) is 0 Å². The first-order valence-corrected chi connectivity index (χ1v) is 13.0. The average molecular weight is 541 g/mol. The minimum absolute atomic E-state index is 0.206. The van der Waals surface area contributed by atoms with Crippen molar-refractivity contribution in [3.8, 4) is 11.1 Å². The average Bonchev–Trinajstić information content (AvgIpc) is 3.30. The number of anilines is 1. The topological polar surface area (TPSA) is 101 Å². The standard InChI is InChI=1S/C29H37FN4O5/c1-5-7-21(19-38-6-2)15-31-17-28(33-37-4)23-10-8-22(9-11-23)26-13-12-24(14-27(26)30)34-18-25(39-29(34)36)16-32-20(3)35/h5,7-14,21,25,31H,6,15-19H2,1-4H3,(H,32,35)/b7-5+,33-28+/t21?,25-/m0/s1. The number of nitrogens with zero attached hydrogens (tertiary/aromatic N) is 2. The van der Waals surface area contributed by atoms with Crippen molar-refractivity contribution >= 4 is 23.4 Å². The molecule has 1 fully saturated rings. The number of allylic oxidation sites excluding steroid dienone is 1. The predicted molar refractivity (Wildman–Crippen MR) is 149 cm³/mol. The zero-order valence-electron chi connectivity index (χ0n) is 22.9. The Bertz CT molecular complexity index is 1170. The largest absolute Gasteiger partial charge is 0.442 e. The van der Waals surface area contributed by atoms with Crippen LogP contribution in [0.5, 0.6) is 0 Å². The molecular weight excluding hydrogens is 503 g/mol. The number of nitrogens with one attached hydrogen (secondary N) is 2. The zero-order valence-corrected chi connectivity index (χ0v) is 22.9. The Balaban J connectivity index is 1.66. The molecule has 10 heteroatoms. The number of hydrogen-bond acceptors (Lipinski definition) is 7. The molecule has 0 spiro atoms. The lowest BCUT2D eigenvalue weighted by molar-refractivity contribution is -0.119. The van der Waals surface area contributed by atoms with Gasteiger partial charge in [0.15, 0.2) is 0 Å². The van der Waals surface area contributed by atoms with Gasteiger partial charge in [0, 0.05) is 43.7 Å². The minimum Gasteiger partial charge on any atom is -0.442 e.